The average Bonchev–Trinajstić information content (AvgIpc) is 3.00. The SMILES string of the molecule is O=Cc1ccccc1C(=O)NC[C@@H](O)Cn1ccnc1[N+](=O)[O-]. The van der Waals surface area contributed by atoms with E-state index in [1.54, 1.807) is 12.1 Å². The van der Waals surface area contributed by atoms with Gasteiger partial charge in [-0.25, -0.2) is 4.57 Å². The van der Waals surface area contributed by atoms with Crippen LogP contribution in [0.3, 0.4) is 0 Å². The number of nitrogens with zero attached hydrogens (tertiary/aromatic N) is 3. The third-order valence-electron chi connectivity index (χ3n) is 3.09. The van der Waals surface area contributed by atoms with E-state index in [0.717, 1.165) is 0 Å². The molecule has 0 spiro atoms. The van der Waals surface area contributed by atoms with Crippen molar-refractivity contribution in [2.75, 3.05) is 6.54 Å². The van der Waals surface area contributed by atoms with Gasteiger partial charge in [0.15, 0.2) is 6.29 Å². The highest BCUT2D eigenvalue weighted by Gasteiger charge is 2.18. The van der Waals surface area contributed by atoms with Crippen molar-refractivity contribution in [3.05, 3.63) is 57.9 Å². The van der Waals surface area contributed by atoms with Crippen LogP contribution in [0.15, 0.2) is 36.7 Å². The maximum atomic E-state index is 12.0. The van der Waals surface area contributed by atoms with E-state index in [0.29, 0.717) is 6.29 Å². The van der Waals surface area contributed by atoms with Gasteiger partial charge in [0.05, 0.1) is 6.54 Å². The number of aliphatic hydroxyl groups is 1. The van der Waals surface area contributed by atoms with Crippen molar-refractivity contribution in [2.45, 2.75) is 12.6 Å². The molecule has 1 aromatic heterocycles. The highest BCUT2D eigenvalue weighted by atomic mass is 16.6. The van der Waals surface area contributed by atoms with Gasteiger partial charge in [-0.15, -0.1) is 0 Å². The second kappa shape index (κ2) is 7.27. The van der Waals surface area contributed by atoms with Gasteiger partial charge in [0.25, 0.3) is 5.91 Å². The first kappa shape index (κ1) is 16.3. The number of imidazole rings is 1. The number of aldehydes is 1. The number of benzene rings is 1. The van der Waals surface area contributed by atoms with E-state index >= 15 is 0 Å². The summed E-state index contributed by atoms with van der Waals surface area (Å²) in [6.07, 6.45) is 2.14. The number of nitrogens with one attached hydrogen (secondary N) is 1. The zero-order valence-corrected chi connectivity index (χ0v) is 12.0. The molecule has 0 aliphatic rings. The van der Waals surface area contributed by atoms with E-state index in [-0.39, 0.29) is 30.2 Å². The first-order valence-corrected chi connectivity index (χ1v) is 6.69. The summed E-state index contributed by atoms with van der Waals surface area (Å²) in [6, 6.07) is 6.25. The van der Waals surface area contributed by atoms with Crippen molar-refractivity contribution in [2.24, 2.45) is 0 Å². The van der Waals surface area contributed by atoms with Crippen molar-refractivity contribution in [1.82, 2.24) is 14.9 Å². The molecule has 0 fully saturated rings. The van der Waals surface area contributed by atoms with Gasteiger partial charge in [-0.2, -0.15) is 0 Å². The van der Waals surface area contributed by atoms with Crippen molar-refractivity contribution in [3.8, 4) is 0 Å². The van der Waals surface area contributed by atoms with Gasteiger partial charge in [0, 0.05) is 17.7 Å². The van der Waals surface area contributed by atoms with Gasteiger partial charge < -0.3 is 20.5 Å². The van der Waals surface area contributed by atoms with Crippen LogP contribution in [-0.2, 0) is 6.54 Å². The van der Waals surface area contributed by atoms with E-state index < -0.39 is 16.9 Å². The summed E-state index contributed by atoms with van der Waals surface area (Å²) in [4.78, 5) is 36.5. The smallest absolute Gasteiger partial charge is 0.390 e. The van der Waals surface area contributed by atoms with Crippen molar-refractivity contribution >= 4 is 18.1 Å². The Morgan fingerprint density at radius 3 is 2.91 bits per heavy atom. The van der Waals surface area contributed by atoms with Gasteiger partial charge >= 0.3 is 5.95 Å². The molecule has 1 aromatic carbocycles. The molecule has 9 heteroatoms. The summed E-state index contributed by atoms with van der Waals surface area (Å²) < 4.78 is 1.18. The number of carbonyl (C=O) groups excluding carboxylic acids is 2. The average molecular weight is 318 g/mol. The molecular formula is C14H14N4O5. The Bertz CT molecular complexity index is 727. The molecule has 0 saturated carbocycles. The lowest BCUT2D eigenvalue weighted by Gasteiger charge is -2.12. The minimum absolute atomic E-state index is 0.0913. The van der Waals surface area contributed by atoms with Gasteiger partial charge in [-0.05, 0) is 11.0 Å². The molecule has 2 aromatic rings. The summed E-state index contributed by atoms with van der Waals surface area (Å²) in [7, 11) is 0. The number of aliphatic hydroxyl groups excluding tert-OH is 1. The van der Waals surface area contributed by atoms with Crippen LogP contribution in [0.2, 0.25) is 0 Å². The number of carbonyl (C=O) groups is 2. The number of nitro groups is 1. The molecule has 2 N–H and O–H groups in total. The molecule has 1 atom stereocenters. The lowest BCUT2D eigenvalue weighted by molar-refractivity contribution is -0.397. The molecule has 1 heterocycles. The molecule has 23 heavy (non-hydrogen) atoms. The first-order chi connectivity index (χ1) is 11.0. The largest absolute Gasteiger partial charge is 0.434 e. The predicted molar refractivity (Wildman–Crippen MR) is 79.1 cm³/mol. The molecular weight excluding hydrogens is 304 g/mol. The Labute approximate surface area is 130 Å². The van der Waals surface area contributed by atoms with Crippen molar-refractivity contribution < 1.29 is 19.6 Å². The predicted octanol–water partition coefficient (Wildman–Crippen LogP) is 0.395. The Kier molecular flexibility index (Phi) is 5.15. The van der Waals surface area contributed by atoms with Crippen LogP contribution < -0.4 is 5.32 Å². The Hall–Kier alpha value is -3.07. The van der Waals surface area contributed by atoms with Crippen LogP contribution in [0.1, 0.15) is 20.7 Å². The Morgan fingerprint density at radius 2 is 2.22 bits per heavy atom. The van der Waals surface area contributed by atoms with Crippen molar-refractivity contribution in [3.63, 3.8) is 0 Å². The number of hydrogen-bond acceptors (Lipinski definition) is 6. The quantitative estimate of drug-likeness (QED) is 0.432. The van der Waals surface area contributed by atoms with Crippen LogP contribution in [0, 0.1) is 10.1 Å². The number of aromatic nitrogens is 2. The lowest BCUT2D eigenvalue weighted by atomic mass is 10.1. The summed E-state index contributed by atoms with van der Waals surface area (Å²) in [5.74, 6) is -0.895. The lowest BCUT2D eigenvalue weighted by Crippen LogP contribution is -2.34. The third kappa shape index (κ3) is 3.98. The van der Waals surface area contributed by atoms with Gasteiger partial charge in [-0.1, -0.05) is 23.2 Å². The fourth-order valence-corrected chi connectivity index (χ4v) is 2.02. The highest BCUT2D eigenvalue weighted by molar-refractivity contribution is 6.01. The second-order valence-corrected chi connectivity index (χ2v) is 4.71. The second-order valence-electron chi connectivity index (χ2n) is 4.71. The molecule has 0 aliphatic heterocycles. The number of amides is 1. The first-order valence-electron chi connectivity index (χ1n) is 6.69. The zero-order chi connectivity index (χ0) is 16.8. The number of rotatable bonds is 7. The minimum atomic E-state index is -1.05. The minimum Gasteiger partial charge on any atom is -0.390 e. The summed E-state index contributed by atoms with van der Waals surface area (Å²) in [5.41, 5.74) is 0.438. The fraction of sp³-hybridized carbons (Fsp3) is 0.214. The van der Waals surface area contributed by atoms with E-state index in [1.807, 2.05) is 0 Å². The topological polar surface area (TPSA) is 127 Å². The van der Waals surface area contributed by atoms with Gasteiger partial charge in [0.1, 0.15) is 18.5 Å². The summed E-state index contributed by atoms with van der Waals surface area (Å²) >= 11 is 0. The summed E-state index contributed by atoms with van der Waals surface area (Å²) in [5, 5.41) is 23.1. The van der Waals surface area contributed by atoms with E-state index in [2.05, 4.69) is 10.3 Å². The molecule has 0 unspecified atom stereocenters. The summed E-state index contributed by atoms with van der Waals surface area (Å²) in [6.45, 7) is -0.215. The van der Waals surface area contributed by atoms with Crippen LogP contribution in [0.25, 0.3) is 0 Å². The monoisotopic (exact) mass is 318 g/mol. The maximum Gasteiger partial charge on any atom is 0.434 e. The van der Waals surface area contributed by atoms with Gasteiger partial charge in [-0.3, -0.25) is 9.59 Å². The van der Waals surface area contributed by atoms with E-state index in [9.17, 15) is 24.8 Å². The molecule has 2 rings (SSSR count). The molecule has 1 amide bonds. The number of hydrogen-bond donors (Lipinski definition) is 2. The molecule has 9 nitrogen and oxygen atoms in total. The molecule has 0 bridgehead atoms. The molecule has 120 valence electrons. The van der Waals surface area contributed by atoms with Crippen LogP contribution >= 0.6 is 0 Å². The van der Waals surface area contributed by atoms with E-state index in [4.69, 9.17) is 0 Å². The normalized spacial score (nSPS) is 11.7. The zero-order valence-electron chi connectivity index (χ0n) is 12.0. The molecule has 0 radical (unpaired) electrons. The molecule has 0 aliphatic carbocycles. The van der Waals surface area contributed by atoms with Crippen LogP contribution in [-0.4, -0.2) is 44.4 Å². The standard InChI is InChI=1S/C14H14N4O5/c19-9-10-3-1-2-4-12(10)13(21)16-7-11(20)8-17-6-5-15-14(17)18(22)23/h1-6,9,11,20H,7-8H2,(H,16,21)/t11-/m1/s1. The molecule has 0 saturated heterocycles. The Balaban J connectivity index is 1.95. The van der Waals surface area contributed by atoms with Crippen LogP contribution in [0.4, 0.5) is 5.95 Å². The van der Waals surface area contributed by atoms with E-state index in [1.165, 1.54) is 29.1 Å². The third-order valence-corrected chi connectivity index (χ3v) is 3.09. The fourth-order valence-electron chi connectivity index (χ4n) is 2.02. The maximum absolute atomic E-state index is 12.0. The van der Waals surface area contributed by atoms with Crippen LogP contribution in [0.5, 0.6) is 0 Å². The van der Waals surface area contributed by atoms with Crippen molar-refractivity contribution in [1.29, 1.82) is 0 Å². The highest BCUT2D eigenvalue weighted by Crippen LogP contribution is 2.09. The Morgan fingerprint density at radius 1 is 1.48 bits per heavy atom. The van der Waals surface area contributed by atoms with Gasteiger partial charge in [0.2, 0.25) is 0 Å².